The van der Waals surface area contributed by atoms with Crippen LogP contribution in [0.25, 0.3) is 5.65 Å². The van der Waals surface area contributed by atoms with Crippen LogP contribution in [0.3, 0.4) is 0 Å². The second-order valence-corrected chi connectivity index (χ2v) is 5.20. The Labute approximate surface area is 106 Å². The Morgan fingerprint density at radius 1 is 1.62 bits per heavy atom. The van der Waals surface area contributed by atoms with Gasteiger partial charge in [0.1, 0.15) is 10.7 Å². The summed E-state index contributed by atoms with van der Waals surface area (Å²) in [5, 5.41) is 3.57. The minimum absolute atomic E-state index is 0.611. The monoisotopic (exact) mass is 299 g/mol. The van der Waals surface area contributed by atoms with Gasteiger partial charge in [0.25, 0.3) is 0 Å². The molecule has 0 saturated carbocycles. The predicted molar refractivity (Wildman–Crippen MR) is 69.0 cm³/mol. The molecule has 0 aliphatic rings. The van der Waals surface area contributed by atoms with E-state index in [1.807, 2.05) is 22.7 Å². The first kappa shape index (κ1) is 11.5. The predicted octanol–water partition coefficient (Wildman–Crippen LogP) is 2.78. The lowest BCUT2D eigenvalue weighted by Crippen LogP contribution is -1.96. The van der Waals surface area contributed by atoms with Crippen LogP contribution in [-0.4, -0.2) is 21.5 Å². The van der Waals surface area contributed by atoms with Crippen LogP contribution in [0.2, 0.25) is 0 Å². The number of imidazole rings is 1. The Morgan fingerprint density at radius 2 is 2.44 bits per heavy atom. The molecule has 0 spiro atoms. The number of anilines is 1. The summed E-state index contributed by atoms with van der Waals surface area (Å²) in [5.41, 5.74) is 0.823. The van der Waals surface area contributed by atoms with E-state index in [1.54, 1.807) is 11.8 Å². The van der Waals surface area contributed by atoms with E-state index in [2.05, 4.69) is 33.2 Å². The molecule has 4 nitrogen and oxygen atoms in total. The van der Waals surface area contributed by atoms with Crippen LogP contribution in [0.1, 0.15) is 6.92 Å². The molecule has 0 unspecified atom stereocenters. The van der Waals surface area contributed by atoms with Crippen molar-refractivity contribution in [1.29, 1.82) is 0 Å². The lowest BCUT2D eigenvalue weighted by atomic mass is 10.5. The highest BCUT2D eigenvalue weighted by Crippen LogP contribution is 2.28. The first-order chi connectivity index (χ1) is 7.76. The fraction of sp³-hybridized carbons (Fsp3) is 0.200. The number of nitrogens with one attached hydrogen (secondary N) is 1. The Balaban J connectivity index is 2.61. The molecule has 0 saturated heterocycles. The number of amides is 1. The number of nitrogens with zero attached hydrogens (tertiary/aromatic N) is 2. The Hall–Kier alpha value is -1.01. The first-order valence-electron chi connectivity index (χ1n) is 4.77. The van der Waals surface area contributed by atoms with Gasteiger partial charge in [-0.15, -0.1) is 11.8 Å². The topological polar surface area (TPSA) is 46.4 Å². The number of thioether (sulfide) groups is 1. The van der Waals surface area contributed by atoms with Gasteiger partial charge in [0.15, 0.2) is 5.82 Å². The molecule has 0 aromatic carbocycles. The van der Waals surface area contributed by atoms with E-state index in [1.165, 1.54) is 0 Å². The number of hydrogen-bond acceptors (Lipinski definition) is 3. The maximum Gasteiger partial charge on any atom is 0.212 e. The van der Waals surface area contributed by atoms with E-state index in [0.717, 1.165) is 20.9 Å². The van der Waals surface area contributed by atoms with E-state index in [0.29, 0.717) is 12.2 Å². The number of carbonyl (C=O) groups excluding carboxylic acids is 1. The van der Waals surface area contributed by atoms with Crippen molar-refractivity contribution >= 4 is 45.6 Å². The highest BCUT2D eigenvalue weighted by Gasteiger charge is 2.11. The molecule has 0 aliphatic carbocycles. The second-order valence-electron chi connectivity index (χ2n) is 3.04. The summed E-state index contributed by atoms with van der Waals surface area (Å²) in [6.07, 6.45) is 2.59. The van der Waals surface area contributed by atoms with Gasteiger partial charge >= 0.3 is 0 Å². The number of rotatable bonds is 4. The molecule has 0 radical (unpaired) electrons. The van der Waals surface area contributed by atoms with E-state index < -0.39 is 0 Å². The van der Waals surface area contributed by atoms with Gasteiger partial charge in [-0.1, -0.05) is 6.92 Å². The number of fused-ring (bicyclic) bond motifs is 1. The molecule has 0 fully saturated rings. The van der Waals surface area contributed by atoms with Gasteiger partial charge in [-0.05, 0) is 33.8 Å². The van der Waals surface area contributed by atoms with Crippen molar-refractivity contribution in [2.24, 2.45) is 0 Å². The summed E-state index contributed by atoms with van der Waals surface area (Å²) in [6, 6.07) is 3.83. The van der Waals surface area contributed by atoms with Gasteiger partial charge in [-0.3, -0.25) is 9.20 Å². The molecule has 1 N–H and O–H groups in total. The average molecular weight is 300 g/mol. The molecular weight excluding hydrogens is 290 g/mol. The van der Waals surface area contributed by atoms with Crippen LogP contribution in [0.5, 0.6) is 0 Å². The zero-order valence-electron chi connectivity index (χ0n) is 8.61. The number of pyridine rings is 1. The molecule has 0 atom stereocenters. The molecule has 2 heterocycles. The van der Waals surface area contributed by atoms with Crippen molar-refractivity contribution < 1.29 is 4.79 Å². The maximum absolute atomic E-state index is 10.5. The third-order valence-electron chi connectivity index (χ3n) is 2.02. The van der Waals surface area contributed by atoms with Gasteiger partial charge in [0.05, 0.1) is 0 Å². The lowest BCUT2D eigenvalue weighted by molar-refractivity contribution is -0.105. The zero-order chi connectivity index (χ0) is 11.5. The third-order valence-corrected chi connectivity index (χ3v) is 3.44. The molecule has 2 aromatic rings. The van der Waals surface area contributed by atoms with Crippen LogP contribution in [0.15, 0.2) is 27.8 Å². The Morgan fingerprint density at radius 3 is 3.12 bits per heavy atom. The van der Waals surface area contributed by atoms with Crippen molar-refractivity contribution in [1.82, 2.24) is 9.38 Å². The zero-order valence-corrected chi connectivity index (χ0v) is 11.0. The van der Waals surface area contributed by atoms with Crippen LogP contribution in [-0.2, 0) is 4.79 Å². The van der Waals surface area contributed by atoms with Gasteiger partial charge in [0, 0.05) is 10.7 Å². The van der Waals surface area contributed by atoms with Gasteiger partial charge in [-0.2, -0.15) is 0 Å². The minimum Gasteiger partial charge on any atom is -0.311 e. The SMILES string of the molecule is CCSc1c(NC=O)nc2ccc(Br)cn12. The third kappa shape index (κ3) is 2.08. The Kier molecular flexibility index (Phi) is 3.50. The Bertz CT molecular complexity index is 526. The molecule has 2 aromatic heterocycles. The van der Waals surface area contributed by atoms with Crippen molar-refractivity contribution in [3.05, 3.63) is 22.8 Å². The summed E-state index contributed by atoms with van der Waals surface area (Å²) in [4.78, 5) is 14.8. The summed E-state index contributed by atoms with van der Waals surface area (Å²) < 4.78 is 2.94. The van der Waals surface area contributed by atoms with Crippen molar-refractivity contribution in [3.8, 4) is 0 Å². The minimum atomic E-state index is 0.611. The molecule has 0 aliphatic heterocycles. The smallest absolute Gasteiger partial charge is 0.212 e. The van der Waals surface area contributed by atoms with Gasteiger partial charge in [-0.25, -0.2) is 4.98 Å². The molecule has 1 amide bonds. The van der Waals surface area contributed by atoms with E-state index in [9.17, 15) is 4.79 Å². The van der Waals surface area contributed by atoms with E-state index in [-0.39, 0.29) is 0 Å². The highest BCUT2D eigenvalue weighted by molar-refractivity contribution is 9.10. The standard InChI is InChI=1S/C10H10BrN3OS/c1-2-16-10-9(12-6-15)13-8-4-3-7(11)5-14(8)10/h3-6H,2H2,1H3,(H,12,15). The number of carbonyl (C=O) groups is 1. The molecule has 6 heteroatoms. The quantitative estimate of drug-likeness (QED) is 0.697. The molecule has 84 valence electrons. The summed E-state index contributed by atoms with van der Waals surface area (Å²) in [7, 11) is 0. The second kappa shape index (κ2) is 4.88. The number of aromatic nitrogens is 2. The van der Waals surface area contributed by atoms with Gasteiger partial charge < -0.3 is 5.32 Å². The van der Waals surface area contributed by atoms with Gasteiger partial charge in [0.2, 0.25) is 6.41 Å². The lowest BCUT2D eigenvalue weighted by Gasteiger charge is -2.01. The highest BCUT2D eigenvalue weighted by atomic mass is 79.9. The van der Waals surface area contributed by atoms with Crippen LogP contribution < -0.4 is 5.32 Å². The van der Waals surface area contributed by atoms with Crippen molar-refractivity contribution in [2.75, 3.05) is 11.1 Å². The van der Waals surface area contributed by atoms with E-state index >= 15 is 0 Å². The first-order valence-corrected chi connectivity index (χ1v) is 6.54. The molecule has 16 heavy (non-hydrogen) atoms. The van der Waals surface area contributed by atoms with Crippen molar-refractivity contribution in [3.63, 3.8) is 0 Å². The van der Waals surface area contributed by atoms with E-state index in [4.69, 9.17) is 0 Å². The largest absolute Gasteiger partial charge is 0.311 e. The van der Waals surface area contributed by atoms with Crippen LogP contribution in [0, 0.1) is 0 Å². The fourth-order valence-corrected chi connectivity index (χ4v) is 2.56. The average Bonchev–Trinajstić information content (AvgIpc) is 2.58. The molecule has 0 bridgehead atoms. The number of halogens is 1. The molecular formula is C10H10BrN3OS. The van der Waals surface area contributed by atoms with Crippen LogP contribution >= 0.6 is 27.7 Å². The maximum atomic E-state index is 10.5. The summed E-state index contributed by atoms with van der Waals surface area (Å²) >= 11 is 5.06. The fourth-order valence-electron chi connectivity index (χ4n) is 1.42. The summed E-state index contributed by atoms with van der Waals surface area (Å²) in [6.45, 7) is 2.06. The molecule has 2 rings (SSSR count). The van der Waals surface area contributed by atoms with Crippen LogP contribution in [0.4, 0.5) is 5.82 Å². The normalized spacial score (nSPS) is 10.6. The summed E-state index contributed by atoms with van der Waals surface area (Å²) in [5.74, 6) is 1.54. The van der Waals surface area contributed by atoms with Crippen molar-refractivity contribution in [2.45, 2.75) is 11.9 Å². The number of hydrogen-bond donors (Lipinski definition) is 1.